The number of ether oxygens (including phenoxy) is 2. The van der Waals surface area contributed by atoms with Gasteiger partial charge in [-0.15, -0.1) is 0 Å². The number of likely N-dealkylation sites (N-methyl/N-ethyl adjacent to an activating group) is 1. The molecule has 0 spiro atoms. The lowest BCUT2D eigenvalue weighted by Gasteiger charge is -2.20. The number of nitrogens with zero attached hydrogens (tertiary/aromatic N) is 1. The van der Waals surface area contributed by atoms with Crippen LogP contribution in [0.15, 0.2) is 0 Å². The molecule has 0 aliphatic heterocycles. The van der Waals surface area contributed by atoms with Crippen LogP contribution in [0.4, 0.5) is 0 Å². The molecule has 0 aromatic heterocycles. The Labute approximate surface area is 314 Å². The van der Waals surface area contributed by atoms with Crippen LogP contribution in [0, 0.1) is 0 Å². The molecule has 2 atom stereocenters. The molecule has 1 N–H and O–H groups in total. The molecule has 0 aromatic rings. The number of hydrogen-bond donors (Lipinski definition) is 1. The summed E-state index contributed by atoms with van der Waals surface area (Å²) >= 11 is 0. The van der Waals surface area contributed by atoms with E-state index in [1.807, 2.05) is 19.0 Å². The van der Waals surface area contributed by atoms with Crippen LogP contribution in [-0.4, -0.2) is 68.3 Å². The minimum absolute atomic E-state index is 0.0124. The maximum atomic E-state index is 12.6. The van der Waals surface area contributed by atoms with E-state index in [9.17, 15) is 19.0 Å². The molecule has 0 radical (unpaired) electrons. The Hall–Kier alpha value is -0.990. The van der Waals surface area contributed by atoms with Crippen LogP contribution in [0.3, 0.4) is 0 Å². The number of phosphoric acid groups is 1. The number of phosphoric ester groups is 1. The van der Waals surface area contributed by atoms with E-state index in [0.29, 0.717) is 13.0 Å². The van der Waals surface area contributed by atoms with E-state index < -0.39 is 26.5 Å². The molecule has 0 aliphatic rings. The molecule has 0 bridgehead atoms. The van der Waals surface area contributed by atoms with Gasteiger partial charge in [-0.2, -0.15) is 0 Å². The SMILES string of the molecule is CCCCCCCCCCCCCCCCC(=O)OCC(COP(=O)(O)OCCN(C)C)OC(=O)CCCCCCCCCCCCCCCC. The molecule has 0 aliphatic carbocycles. The van der Waals surface area contributed by atoms with Crippen LogP contribution in [0.5, 0.6) is 0 Å². The van der Waals surface area contributed by atoms with Crippen molar-refractivity contribution in [2.45, 2.75) is 213 Å². The van der Waals surface area contributed by atoms with Gasteiger partial charge in [0.05, 0.1) is 13.2 Å². The average Bonchev–Trinajstić information content (AvgIpc) is 3.09. The fourth-order valence-electron chi connectivity index (χ4n) is 6.10. The van der Waals surface area contributed by atoms with Gasteiger partial charge >= 0.3 is 19.8 Å². The largest absolute Gasteiger partial charge is 0.472 e. The summed E-state index contributed by atoms with van der Waals surface area (Å²) < 4.78 is 33.4. The second kappa shape index (κ2) is 37.3. The van der Waals surface area contributed by atoms with Crippen LogP contribution in [0.1, 0.15) is 206 Å². The summed E-state index contributed by atoms with van der Waals surface area (Å²) in [5.41, 5.74) is 0. The van der Waals surface area contributed by atoms with Crippen LogP contribution >= 0.6 is 7.82 Å². The number of carbonyl (C=O) groups is 2. The van der Waals surface area contributed by atoms with Gasteiger partial charge in [0.25, 0.3) is 0 Å². The van der Waals surface area contributed by atoms with Crippen molar-refractivity contribution in [2.24, 2.45) is 0 Å². The highest BCUT2D eigenvalue weighted by atomic mass is 31.2. The second-order valence-electron chi connectivity index (χ2n) is 14.9. The number of rotatable bonds is 40. The van der Waals surface area contributed by atoms with Gasteiger partial charge in [-0.05, 0) is 26.9 Å². The molecular formula is C41H82NO8P. The van der Waals surface area contributed by atoms with Crippen molar-refractivity contribution in [3.8, 4) is 0 Å². The van der Waals surface area contributed by atoms with Gasteiger partial charge in [0.15, 0.2) is 6.10 Å². The Morgan fingerprint density at radius 3 is 1.25 bits per heavy atom. The molecule has 9 nitrogen and oxygen atoms in total. The van der Waals surface area contributed by atoms with Gasteiger partial charge in [0, 0.05) is 19.4 Å². The van der Waals surface area contributed by atoms with E-state index in [1.54, 1.807) is 0 Å². The third-order valence-electron chi connectivity index (χ3n) is 9.41. The van der Waals surface area contributed by atoms with Crippen molar-refractivity contribution in [3.05, 3.63) is 0 Å². The maximum Gasteiger partial charge on any atom is 0.472 e. The molecule has 51 heavy (non-hydrogen) atoms. The van der Waals surface area contributed by atoms with Gasteiger partial charge in [-0.1, -0.05) is 181 Å². The molecule has 10 heteroatoms. The summed E-state index contributed by atoms with van der Waals surface area (Å²) in [4.78, 5) is 37.0. The second-order valence-corrected chi connectivity index (χ2v) is 16.3. The first kappa shape index (κ1) is 50.0. The van der Waals surface area contributed by atoms with Gasteiger partial charge < -0.3 is 19.3 Å². The van der Waals surface area contributed by atoms with Crippen LogP contribution < -0.4 is 0 Å². The van der Waals surface area contributed by atoms with Crippen LogP contribution in [0.2, 0.25) is 0 Å². The highest BCUT2D eigenvalue weighted by Gasteiger charge is 2.26. The Morgan fingerprint density at radius 1 is 0.529 bits per heavy atom. The van der Waals surface area contributed by atoms with E-state index in [2.05, 4.69) is 13.8 Å². The van der Waals surface area contributed by atoms with E-state index in [4.69, 9.17) is 18.5 Å². The molecule has 0 rings (SSSR count). The first-order valence-electron chi connectivity index (χ1n) is 21.3. The van der Waals surface area contributed by atoms with Crippen molar-refractivity contribution in [3.63, 3.8) is 0 Å². The first-order valence-corrected chi connectivity index (χ1v) is 22.8. The van der Waals surface area contributed by atoms with Crippen LogP contribution in [-0.2, 0) is 32.7 Å². The number of hydrogen-bond acceptors (Lipinski definition) is 8. The van der Waals surface area contributed by atoms with Crippen molar-refractivity contribution < 1.29 is 37.6 Å². The van der Waals surface area contributed by atoms with Gasteiger partial charge in [-0.3, -0.25) is 18.6 Å². The summed E-state index contributed by atoms with van der Waals surface area (Å²) in [6.45, 7) is 4.35. The standard InChI is InChI=1S/C41H82NO8P/c1-5-7-9-11-13-15-17-19-21-23-25-27-29-31-33-40(43)47-37-39(38-49-51(45,46)48-36-35-42(3)4)50-41(44)34-32-30-28-26-24-22-20-18-16-14-12-10-8-6-2/h39H,5-38H2,1-4H3,(H,45,46). The van der Waals surface area contributed by atoms with E-state index in [-0.39, 0.29) is 25.6 Å². The molecule has 0 amide bonds. The zero-order chi connectivity index (χ0) is 37.7. The maximum absolute atomic E-state index is 12.6. The van der Waals surface area contributed by atoms with E-state index in [1.165, 1.54) is 141 Å². The average molecular weight is 748 g/mol. The minimum atomic E-state index is -4.35. The molecular weight excluding hydrogens is 665 g/mol. The summed E-state index contributed by atoms with van der Waals surface area (Å²) in [5, 5.41) is 0. The molecule has 0 fully saturated rings. The lowest BCUT2D eigenvalue weighted by molar-refractivity contribution is -0.161. The van der Waals surface area contributed by atoms with Crippen molar-refractivity contribution >= 4 is 19.8 Å². The number of unbranched alkanes of at least 4 members (excludes halogenated alkanes) is 26. The quantitative estimate of drug-likeness (QED) is 0.0372. The smallest absolute Gasteiger partial charge is 0.462 e. The lowest BCUT2D eigenvalue weighted by atomic mass is 10.0. The zero-order valence-corrected chi connectivity index (χ0v) is 34.7. The molecule has 0 aromatic carbocycles. The molecule has 0 saturated carbocycles. The summed E-state index contributed by atoms with van der Waals surface area (Å²) in [5.74, 6) is -0.789. The molecule has 0 saturated heterocycles. The van der Waals surface area contributed by atoms with Crippen molar-refractivity contribution in [1.82, 2.24) is 4.90 Å². The van der Waals surface area contributed by atoms with E-state index >= 15 is 0 Å². The zero-order valence-electron chi connectivity index (χ0n) is 33.8. The topological polar surface area (TPSA) is 112 Å². The van der Waals surface area contributed by atoms with Crippen LogP contribution in [0.25, 0.3) is 0 Å². The third-order valence-corrected chi connectivity index (χ3v) is 10.4. The Morgan fingerprint density at radius 2 is 0.882 bits per heavy atom. The highest BCUT2D eigenvalue weighted by molar-refractivity contribution is 7.47. The van der Waals surface area contributed by atoms with Crippen molar-refractivity contribution in [2.75, 3.05) is 40.5 Å². The third kappa shape index (κ3) is 38.5. The first-order chi connectivity index (χ1) is 24.7. The van der Waals surface area contributed by atoms with Crippen molar-refractivity contribution in [1.29, 1.82) is 0 Å². The Bertz CT molecular complexity index is 827. The Kier molecular flexibility index (Phi) is 36.6. The number of esters is 2. The fourth-order valence-corrected chi connectivity index (χ4v) is 6.84. The monoisotopic (exact) mass is 748 g/mol. The summed E-state index contributed by atoms with van der Waals surface area (Å²) in [6, 6.07) is 0. The molecule has 0 heterocycles. The fraction of sp³-hybridized carbons (Fsp3) is 0.951. The predicted molar refractivity (Wildman–Crippen MR) is 211 cm³/mol. The summed E-state index contributed by atoms with van der Waals surface area (Å²) in [7, 11) is -0.697. The number of carbonyl (C=O) groups excluding carboxylic acids is 2. The summed E-state index contributed by atoms with van der Waals surface area (Å²) in [6.07, 6.45) is 34.2. The molecule has 2 unspecified atom stereocenters. The normalized spacial score (nSPS) is 13.4. The minimum Gasteiger partial charge on any atom is -0.462 e. The van der Waals surface area contributed by atoms with Gasteiger partial charge in [0.2, 0.25) is 0 Å². The van der Waals surface area contributed by atoms with E-state index in [0.717, 1.165) is 38.5 Å². The van der Waals surface area contributed by atoms with Gasteiger partial charge in [0.1, 0.15) is 6.61 Å². The Balaban J connectivity index is 4.26. The van der Waals surface area contributed by atoms with Gasteiger partial charge in [-0.25, -0.2) is 4.57 Å². The lowest BCUT2D eigenvalue weighted by Crippen LogP contribution is -2.29. The highest BCUT2D eigenvalue weighted by Crippen LogP contribution is 2.43. The molecule has 304 valence electrons. The predicted octanol–water partition coefficient (Wildman–Crippen LogP) is 11.9.